The van der Waals surface area contributed by atoms with Crippen molar-refractivity contribution in [3.8, 4) is 11.5 Å². The number of alkyl halides is 2. The lowest BCUT2D eigenvalue weighted by Gasteiger charge is -2.13. The highest BCUT2D eigenvalue weighted by Crippen LogP contribution is 2.29. The highest BCUT2D eigenvalue weighted by Gasteiger charge is 2.11. The number of rotatable bonds is 8. The van der Waals surface area contributed by atoms with Gasteiger partial charge in [0.1, 0.15) is 0 Å². The highest BCUT2D eigenvalue weighted by molar-refractivity contribution is 7.80. The molecule has 2 aromatic rings. The quantitative estimate of drug-likeness (QED) is 0.399. The lowest BCUT2D eigenvalue weighted by Crippen LogP contribution is -2.30. The number of methoxy groups -OCH3 is 1. The van der Waals surface area contributed by atoms with Gasteiger partial charge in [0.25, 0.3) is 5.69 Å². The van der Waals surface area contributed by atoms with Gasteiger partial charge in [-0.05, 0) is 48.5 Å². The summed E-state index contributed by atoms with van der Waals surface area (Å²) in [6.07, 6.45) is 0.563. The Balaban J connectivity index is 1.84. The Morgan fingerprint density at radius 3 is 2.52 bits per heavy atom. The third kappa shape index (κ3) is 6.33. The fraction of sp³-hybridized carbons (Fsp3) is 0.235. The molecule has 0 aromatic heterocycles. The first-order valence-electron chi connectivity index (χ1n) is 7.80. The molecule has 0 saturated carbocycles. The number of thiocarbonyl (C=S) groups is 1. The number of non-ortho nitro benzene ring substituents is 1. The number of hydrogen-bond acceptors (Lipinski definition) is 5. The van der Waals surface area contributed by atoms with Crippen molar-refractivity contribution in [2.24, 2.45) is 0 Å². The van der Waals surface area contributed by atoms with Gasteiger partial charge in [0.15, 0.2) is 16.6 Å². The largest absolute Gasteiger partial charge is 0.493 e. The molecule has 2 aromatic carbocycles. The van der Waals surface area contributed by atoms with Gasteiger partial charge in [-0.15, -0.1) is 0 Å². The van der Waals surface area contributed by atoms with Crippen LogP contribution in [0.3, 0.4) is 0 Å². The van der Waals surface area contributed by atoms with E-state index in [1.54, 1.807) is 24.3 Å². The summed E-state index contributed by atoms with van der Waals surface area (Å²) in [6.45, 7) is -2.44. The van der Waals surface area contributed by atoms with Crippen molar-refractivity contribution in [2.75, 3.05) is 19.0 Å². The number of nitro benzene ring substituents is 1. The second-order valence-corrected chi connectivity index (χ2v) is 5.71. The van der Waals surface area contributed by atoms with E-state index < -0.39 is 11.5 Å². The lowest BCUT2D eigenvalue weighted by atomic mass is 10.1. The van der Waals surface area contributed by atoms with Gasteiger partial charge in [-0.2, -0.15) is 8.78 Å². The van der Waals surface area contributed by atoms with E-state index in [9.17, 15) is 18.9 Å². The van der Waals surface area contributed by atoms with Gasteiger partial charge in [-0.1, -0.05) is 6.07 Å². The van der Waals surface area contributed by atoms with Crippen LogP contribution >= 0.6 is 12.2 Å². The fourth-order valence-corrected chi connectivity index (χ4v) is 2.44. The molecule has 0 saturated heterocycles. The Hall–Kier alpha value is -3.01. The average Bonchev–Trinajstić information content (AvgIpc) is 2.62. The van der Waals surface area contributed by atoms with Crippen molar-refractivity contribution in [3.63, 3.8) is 0 Å². The van der Waals surface area contributed by atoms with E-state index >= 15 is 0 Å². The first-order chi connectivity index (χ1) is 12.9. The smallest absolute Gasteiger partial charge is 0.387 e. The molecule has 0 aliphatic rings. The first kappa shape index (κ1) is 20.3. The SMILES string of the molecule is COc1cc(CCNC(=S)Nc2ccc([N+](=O)[O-])cc2)ccc1OC(F)F. The summed E-state index contributed by atoms with van der Waals surface area (Å²) in [5.74, 6) is 0.193. The lowest BCUT2D eigenvalue weighted by molar-refractivity contribution is -0.384. The molecule has 0 unspecified atom stereocenters. The Morgan fingerprint density at radius 2 is 1.93 bits per heavy atom. The number of nitrogens with one attached hydrogen (secondary N) is 2. The van der Waals surface area contributed by atoms with E-state index in [1.807, 2.05) is 0 Å². The molecule has 2 rings (SSSR count). The third-order valence-electron chi connectivity index (χ3n) is 3.48. The summed E-state index contributed by atoms with van der Waals surface area (Å²) in [7, 11) is 1.37. The number of benzene rings is 2. The van der Waals surface area contributed by atoms with E-state index in [-0.39, 0.29) is 17.2 Å². The average molecular weight is 397 g/mol. The second kappa shape index (κ2) is 9.62. The number of nitro groups is 1. The maximum absolute atomic E-state index is 12.3. The van der Waals surface area contributed by atoms with Gasteiger partial charge in [0.05, 0.1) is 12.0 Å². The van der Waals surface area contributed by atoms with E-state index in [0.29, 0.717) is 23.8 Å². The molecule has 0 atom stereocenters. The van der Waals surface area contributed by atoms with Gasteiger partial charge in [0.2, 0.25) is 0 Å². The van der Waals surface area contributed by atoms with Gasteiger partial charge >= 0.3 is 6.61 Å². The van der Waals surface area contributed by atoms with Crippen LogP contribution in [0.4, 0.5) is 20.2 Å². The van der Waals surface area contributed by atoms with Crippen LogP contribution in [0.25, 0.3) is 0 Å². The molecule has 0 bridgehead atoms. The molecule has 0 amide bonds. The number of hydrogen-bond donors (Lipinski definition) is 2. The van der Waals surface area contributed by atoms with Crippen molar-refractivity contribution in [3.05, 3.63) is 58.1 Å². The topological polar surface area (TPSA) is 85.7 Å². The second-order valence-electron chi connectivity index (χ2n) is 5.30. The molecule has 0 radical (unpaired) electrons. The van der Waals surface area contributed by atoms with E-state index in [1.165, 1.54) is 25.3 Å². The van der Waals surface area contributed by atoms with Gasteiger partial charge < -0.3 is 20.1 Å². The molecule has 27 heavy (non-hydrogen) atoms. The normalized spacial score (nSPS) is 10.4. The van der Waals surface area contributed by atoms with Crippen molar-refractivity contribution in [1.29, 1.82) is 0 Å². The summed E-state index contributed by atoms with van der Waals surface area (Å²) in [5.41, 5.74) is 1.46. The Labute approximate surface area is 159 Å². The summed E-state index contributed by atoms with van der Waals surface area (Å²) in [6, 6.07) is 10.6. The fourth-order valence-electron chi connectivity index (χ4n) is 2.22. The zero-order valence-electron chi connectivity index (χ0n) is 14.3. The van der Waals surface area contributed by atoms with Gasteiger partial charge in [0, 0.05) is 24.4 Å². The maximum atomic E-state index is 12.3. The molecular weight excluding hydrogens is 380 g/mol. The van der Waals surface area contributed by atoms with E-state index in [2.05, 4.69) is 15.4 Å². The van der Waals surface area contributed by atoms with Crippen LogP contribution in [0.1, 0.15) is 5.56 Å². The summed E-state index contributed by atoms with van der Waals surface area (Å²) < 4.78 is 34.1. The van der Waals surface area contributed by atoms with Crippen LogP contribution < -0.4 is 20.1 Å². The number of halogens is 2. The molecule has 7 nitrogen and oxygen atoms in total. The first-order valence-corrected chi connectivity index (χ1v) is 8.21. The zero-order valence-corrected chi connectivity index (χ0v) is 15.1. The van der Waals surface area contributed by atoms with Gasteiger partial charge in [-0.25, -0.2) is 0 Å². The molecule has 0 spiro atoms. The number of nitrogens with zero attached hydrogens (tertiary/aromatic N) is 1. The van der Waals surface area contributed by atoms with E-state index in [4.69, 9.17) is 17.0 Å². The van der Waals surface area contributed by atoms with Crippen LogP contribution in [-0.2, 0) is 6.42 Å². The van der Waals surface area contributed by atoms with E-state index in [0.717, 1.165) is 5.56 Å². The monoisotopic (exact) mass is 397 g/mol. The minimum absolute atomic E-state index is 0.00681. The molecule has 10 heteroatoms. The molecule has 0 heterocycles. The van der Waals surface area contributed by atoms with Crippen molar-refractivity contribution in [2.45, 2.75) is 13.0 Å². The third-order valence-corrected chi connectivity index (χ3v) is 3.73. The van der Waals surface area contributed by atoms with Crippen LogP contribution in [0.5, 0.6) is 11.5 Å². The van der Waals surface area contributed by atoms with Crippen LogP contribution in [0, 0.1) is 10.1 Å². The molecule has 0 fully saturated rings. The highest BCUT2D eigenvalue weighted by atomic mass is 32.1. The maximum Gasteiger partial charge on any atom is 0.387 e. The molecule has 2 N–H and O–H groups in total. The van der Waals surface area contributed by atoms with Crippen LogP contribution in [-0.4, -0.2) is 30.3 Å². The molecule has 0 aliphatic carbocycles. The summed E-state index contributed by atoms with van der Waals surface area (Å²) >= 11 is 5.17. The minimum atomic E-state index is -2.92. The predicted molar refractivity (Wildman–Crippen MR) is 101 cm³/mol. The molecular formula is C17H17F2N3O4S. The Kier molecular flexibility index (Phi) is 7.24. The Bertz CT molecular complexity index is 803. The van der Waals surface area contributed by atoms with Crippen molar-refractivity contribution >= 4 is 28.7 Å². The molecule has 0 aliphatic heterocycles. The molecule has 144 valence electrons. The minimum Gasteiger partial charge on any atom is -0.493 e. The van der Waals surface area contributed by atoms with Crippen molar-refractivity contribution in [1.82, 2.24) is 5.32 Å². The van der Waals surface area contributed by atoms with Crippen LogP contribution in [0.15, 0.2) is 42.5 Å². The predicted octanol–water partition coefficient (Wildman–Crippen LogP) is 3.73. The van der Waals surface area contributed by atoms with Crippen molar-refractivity contribution < 1.29 is 23.2 Å². The van der Waals surface area contributed by atoms with Gasteiger partial charge in [-0.3, -0.25) is 10.1 Å². The summed E-state index contributed by atoms with van der Waals surface area (Å²) in [4.78, 5) is 10.1. The standard InChI is InChI=1S/C17H17F2N3O4S/c1-25-15-10-11(2-7-14(15)26-16(18)19)8-9-20-17(27)21-12-3-5-13(6-4-12)22(23)24/h2-7,10,16H,8-9H2,1H3,(H2,20,21,27). The van der Waals surface area contributed by atoms with Crippen LogP contribution in [0.2, 0.25) is 0 Å². The summed E-state index contributed by atoms with van der Waals surface area (Å²) in [5, 5.41) is 16.9. The zero-order chi connectivity index (χ0) is 19.8. The Morgan fingerprint density at radius 1 is 1.22 bits per heavy atom. The number of anilines is 1. The number of ether oxygens (including phenoxy) is 2.